The lowest BCUT2D eigenvalue weighted by molar-refractivity contribution is 0.669. The second-order valence-corrected chi connectivity index (χ2v) is 16.9. The Bertz CT molecular complexity index is 3680. The van der Waals surface area contributed by atoms with Crippen LogP contribution in [-0.4, -0.2) is 0 Å². The van der Waals surface area contributed by atoms with Gasteiger partial charge in [0.15, 0.2) is 0 Å². The minimum atomic E-state index is 0.896. The summed E-state index contributed by atoms with van der Waals surface area (Å²) in [5, 5.41) is 4.78. The molecule has 66 heavy (non-hydrogen) atoms. The van der Waals surface area contributed by atoms with Crippen molar-refractivity contribution < 1.29 is 4.42 Å². The van der Waals surface area contributed by atoms with E-state index in [2.05, 4.69) is 254 Å². The standard InChI is InChI=1S/C64H43NO/c1-2-14-48(15-3-1)58-21-6-7-22-59(58)54-19-11-20-57(43-54)65(56-39-35-49(36-40-56)60-24-12-26-63-64(60)61-23-8-9-25-62(61)66-63)55-37-33-46(34-38-55)45-27-29-47(30-28-45)51-17-10-18-52(41-51)53-32-31-44-13-4-5-16-50(44)42-53/h1-43H. The van der Waals surface area contributed by atoms with E-state index in [4.69, 9.17) is 4.42 Å². The molecule has 2 heteroatoms. The van der Waals surface area contributed by atoms with E-state index in [0.717, 1.165) is 61.3 Å². The number of fused-ring (bicyclic) bond motifs is 4. The maximum Gasteiger partial charge on any atom is 0.136 e. The Balaban J connectivity index is 0.891. The van der Waals surface area contributed by atoms with Gasteiger partial charge in [0.1, 0.15) is 11.2 Å². The van der Waals surface area contributed by atoms with Gasteiger partial charge < -0.3 is 9.32 Å². The summed E-state index contributed by atoms with van der Waals surface area (Å²) >= 11 is 0. The van der Waals surface area contributed by atoms with Crippen LogP contribution in [0.15, 0.2) is 265 Å². The smallest absolute Gasteiger partial charge is 0.136 e. The summed E-state index contributed by atoms with van der Waals surface area (Å²) in [7, 11) is 0. The van der Waals surface area contributed by atoms with E-state index in [1.807, 2.05) is 12.1 Å². The van der Waals surface area contributed by atoms with E-state index in [0.29, 0.717) is 0 Å². The highest BCUT2D eigenvalue weighted by Gasteiger charge is 2.17. The molecule has 0 aliphatic rings. The third kappa shape index (κ3) is 7.31. The van der Waals surface area contributed by atoms with Crippen LogP contribution < -0.4 is 4.90 Å². The fraction of sp³-hybridized carbons (Fsp3) is 0. The summed E-state index contributed by atoms with van der Waals surface area (Å²) in [4.78, 5) is 2.36. The number of hydrogen-bond donors (Lipinski definition) is 0. The first-order valence-corrected chi connectivity index (χ1v) is 22.6. The highest BCUT2D eigenvalue weighted by Crippen LogP contribution is 2.42. The van der Waals surface area contributed by atoms with E-state index < -0.39 is 0 Å². The van der Waals surface area contributed by atoms with Crippen LogP contribution in [0.25, 0.3) is 99.5 Å². The average molecular weight is 842 g/mol. The van der Waals surface area contributed by atoms with Crippen LogP contribution in [0, 0.1) is 0 Å². The predicted molar refractivity (Wildman–Crippen MR) is 279 cm³/mol. The Hall–Kier alpha value is -8.72. The Kier molecular flexibility index (Phi) is 9.89. The molecule has 0 amide bonds. The highest BCUT2D eigenvalue weighted by atomic mass is 16.3. The molecule has 12 rings (SSSR count). The van der Waals surface area contributed by atoms with Gasteiger partial charge in [0, 0.05) is 27.8 Å². The second kappa shape index (κ2) is 16.8. The largest absolute Gasteiger partial charge is 0.456 e. The van der Waals surface area contributed by atoms with Gasteiger partial charge in [-0.25, -0.2) is 0 Å². The lowest BCUT2D eigenvalue weighted by Gasteiger charge is -2.26. The lowest BCUT2D eigenvalue weighted by atomic mass is 9.94. The van der Waals surface area contributed by atoms with Crippen LogP contribution in [0.3, 0.4) is 0 Å². The second-order valence-electron chi connectivity index (χ2n) is 16.9. The van der Waals surface area contributed by atoms with Crippen LogP contribution in [0.2, 0.25) is 0 Å². The molecule has 2 nitrogen and oxygen atoms in total. The van der Waals surface area contributed by atoms with Crippen molar-refractivity contribution in [2.75, 3.05) is 4.90 Å². The van der Waals surface area contributed by atoms with Gasteiger partial charge in [0.2, 0.25) is 0 Å². The van der Waals surface area contributed by atoms with Crippen molar-refractivity contribution in [2.24, 2.45) is 0 Å². The zero-order valence-electron chi connectivity index (χ0n) is 36.2. The quantitative estimate of drug-likeness (QED) is 0.144. The third-order valence-corrected chi connectivity index (χ3v) is 12.9. The highest BCUT2D eigenvalue weighted by molar-refractivity contribution is 6.12. The summed E-state index contributed by atoms with van der Waals surface area (Å²) in [5.74, 6) is 0. The number of para-hydroxylation sites is 1. The van der Waals surface area contributed by atoms with Gasteiger partial charge >= 0.3 is 0 Å². The molecule has 1 heterocycles. The lowest BCUT2D eigenvalue weighted by Crippen LogP contribution is -2.10. The first-order valence-electron chi connectivity index (χ1n) is 22.6. The molecule has 0 N–H and O–H groups in total. The molecule has 0 atom stereocenters. The fourth-order valence-electron chi connectivity index (χ4n) is 9.57. The van der Waals surface area contributed by atoms with E-state index in [1.165, 1.54) is 55.3 Å². The molecule has 0 radical (unpaired) electrons. The van der Waals surface area contributed by atoms with Gasteiger partial charge in [-0.05, 0) is 138 Å². The third-order valence-electron chi connectivity index (χ3n) is 12.9. The van der Waals surface area contributed by atoms with Crippen molar-refractivity contribution >= 4 is 49.8 Å². The zero-order chi connectivity index (χ0) is 43.8. The molecule has 0 fully saturated rings. The van der Waals surface area contributed by atoms with Crippen LogP contribution in [-0.2, 0) is 0 Å². The minimum absolute atomic E-state index is 0.896. The molecule has 0 aliphatic carbocycles. The molecule has 0 unspecified atom stereocenters. The maximum absolute atomic E-state index is 6.27. The number of anilines is 3. The Labute approximate surface area is 384 Å². The molecule has 0 aliphatic heterocycles. The van der Waals surface area contributed by atoms with Crippen LogP contribution in [0.1, 0.15) is 0 Å². The molecule has 0 bridgehead atoms. The molecule has 310 valence electrons. The normalized spacial score (nSPS) is 11.3. The Morgan fingerprint density at radius 1 is 0.242 bits per heavy atom. The fourth-order valence-corrected chi connectivity index (χ4v) is 9.57. The zero-order valence-corrected chi connectivity index (χ0v) is 36.2. The van der Waals surface area contributed by atoms with Crippen molar-refractivity contribution in [3.05, 3.63) is 261 Å². The van der Waals surface area contributed by atoms with Crippen LogP contribution in [0.4, 0.5) is 17.1 Å². The van der Waals surface area contributed by atoms with Crippen molar-refractivity contribution in [1.29, 1.82) is 0 Å². The van der Waals surface area contributed by atoms with Gasteiger partial charge in [-0.3, -0.25) is 0 Å². The first kappa shape index (κ1) is 38.9. The van der Waals surface area contributed by atoms with Gasteiger partial charge in [0.05, 0.1) is 0 Å². The summed E-state index contributed by atoms with van der Waals surface area (Å²) in [5.41, 5.74) is 19.2. The van der Waals surface area contributed by atoms with Crippen molar-refractivity contribution in [3.8, 4) is 66.8 Å². The summed E-state index contributed by atoms with van der Waals surface area (Å²) in [6.07, 6.45) is 0. The Morgan fingerprint density at radius 3 is 1.47 bits per heavy atom. The molecule has 12 aromatic rings. The molecular formula is C64H43NO. The predicted octanol–water partition coefficient (Wildman–Crippen LogP) is 18.2. The molecule has 1 aromatic heterocycles. The SMILES string of the molecule is c1ccc(-c2ccccc2-c2cccc(N(c3ccc(-c4ccc(-c5cccc(-c6ccc7ccccc7c6)c5)cc4)cc3)c3ccc(-c4cccc5oc6ccccc6c45)cc3)c2)cc1. The van der Waals surface area contributed by atoms with Crippen molar-refractivity contribution in [1.82, 2.24) is 0 Å². The molecule has 0 saturated carbocycles. The number of nitrogens with zero attached hydrogens (tertiary/aromatic N) is 1. The number of hydrogen-bond acceptors (Lipinski definition) is 2. The monoisotopic (exact) mass is 841 g/mol. The van der Waals surface area contributed by atoms with Crippen molar-refractivity contribution in [3.63, 3.8) is 0 Å². The van der Waals surface area contributed by atoms with Gasteiger partial charge in [-0.2, -0.15) is 0 Å². The average Bonchev–Trinajstić information content (AvgIpc) is 3.79. The van der Waals surface area contributed by atoms with E-state index in [9.17, 15) is 0 Å². The van der Waals surface area contributed by atoms with E-state index >= 15 is 0 Å². The van der Waals surface area contributed by atoms with Crippen molar-refractivity contribution in [2.45, 2.75) is 0 Å². The maximum atomic E-state index is 6.27. The van der Waals surface area contributed by atoms with Crippen LogP contribution in [0.5, 0.6) is 0 Å². The Morgan fingerprint density at radius 2 is 0.712 bits per heavy atom. The topological polar surface area (TPSA) is 16.4 Å². The first-order chi connectivity index (χ1) is 32.7. The van der Waals surface area contributed by atoms with Gasteiger partial charge in [-0.15, -0.1) is 0 Å². The van der Waals surface area contributed by atoms with E-state index in [-0.39, 0.29) is 0 Å². The van der Waals surface area contributed by atoms with Gasteiger partial charge in [-0.1, -0.05) is 200 Å². The summed E-state index contributed by atoms with van der Waals surface area (Å²) in [6.45, 7) is 0. The molecule has 11 aromatic carbocycles. The molecule has 0 saturated heterocycles. The molecule has 0 spiro atoms. The number of benzene rings is 11. The van der Waals surface area contributed by atoms with E-state index in [1.54, 1.807) is 0 Å². The number of furan rings is 1. The minimum Gasteiger partial charge on any atom is -0.456 e. The summed E-state index contributed by atoms with van der Waals surface area (Å²) < 4.78 is 6.27. The summed E-state index contributed by atoms with van der Waals surface area (Å²) in [6, 6.07) is 93.9. The number of rotatable bonds is 9. The van der Waals surface area contributed by atoms with Gasteiger partial charge in [0.25, 0.3) is 0 Å². The molecular weight excluding hydrogens is 799 g/mol. The van der Waals surface area contributed by atoms with Crippen LogP contribution >= 0.6 is 0 Å².